The van der Waals surface area contributed by atoms with Crippen molar-refractivity contribution in [2.45, 2.75) is 65.3 Å². The maximum Gasteiger partial charge on any atom is 0.335 e. The van der Waals surface area contributed by atoms with E-state index >= 15 is 0 Å². The number of nitrogens with two attached hydrogens (primary N) is 1. The van der Waals surface area contributed by atoms with Crippen molar-refractivity contribution in [2.75, 3.05) is 19.5 Å². The molecular weight excluding hydrogens is 510 g/mol. The maximum atomic E-state index is 13.8. The Morgan fingerprint density at radius 2 is 2.00 bits per heavy atom. The van der Waals surface area contributed by atoms with Gasteiger partial charge in [0.25, 0.3) is 0 Å². The number of aromatic carboxylic acids is 1. The van der Waals surface area contributed by atoms with E-state index in [0.29, 0.717) is 45.7 Å². The van der Waals surface area contributed by atoms with E-state index < -0.39 is 18.1 Å². The van der Waals surface area contributed by atoms with Crippen LogP contribution < -0.4 is 15.8 Å². The standard InChI is InChI=1S/C31H41N3O6/c1-16-25-12-21(31(25,3)4)13-26(16)33-29(36)27-24(17(2)35)15-40-34(27)14-18-7-6-8-23(28(18)39-5)19-9-20(30(37)38)11-22(32)10-19/h6-11,16-17,21,24-27,35H,12-15,32H2,1-5H3,(H,33,36)(H,37,38)/t16-,17-,21+,24+,25-,26-,27-/m0/s1. The Morgan fingerprint density at radius 1 is 1.25 bits per heavy atom. The lowest BCUT2D eigenvalue weighted by Gasteiger charge is -2.62. The molecule has 1 amide bonds. The average Bonchev–Trinajstić information content (AvgIpc) is 3.33. The van der Waals surface area contributed by atoms with E-state index in [1.54, 1.807) is 31.2 Å². The second-order valence-electron chi connectivity index (χ2n) is 12.4. The molecule has 9 nitrogen and oxygen atoms in total. The minimum absolute atomic E-state index is 0.0832. The number of amides is 1. The molecule has 9 heteroatoms. The molecule has 1 saturated heterocycles. The van der Waals surface area contributed by atoms with Crippen LogP contribution in [-0.2, 0) is 16.2 Å². The van der Waals surface area contributed by atoms with Crippen LogP contribution in [0.15, 0.2) is 36.4 Å². The van der Waals surface area contributed by atoms with E-state index in [2.05, 4.69) is 26.1 Å². The van der Waals surface area contributed by atoms with Gasteiger partial charge in [0.2, 0.25) is 5.91 Å². The number of carbonyl (C=O) groups excluding carboxylic acids is 1. The first-order valence-electron chi connectivity index (χ1n) is 14.1. The van der Waals surface area contributed by atoms with Crippen molar-refractivity contribution in [2.24, 2.45) is 29.1 Å². The van der Waals surface area contributed by atoms with Crippen molar-refractivity contribution in [3.8, 4) is 16.9 Å². The van der Waals surface area contributed by atoms with Gasteiger partial charge >= 0.3 is 5.97 Å². The molecule has 3 aliphatic carbocycles. The molecule has 0 spiro atoms. The normalized spacial score (nSPS) is 29.9. The Morgan fingerprint density at radius 3 is 2.62 bits per heavy atom. The zero-order valence-electron chi connectivity index (χ0n) is 23.9. The van der Waals surface area contributed by atoms with Crippen molar-refractivity contribution in [3.05, 3.63) is 47.5 Å². The van der Waals surface area contributed by atoms with Gasteiger partial charge in [-0.15, -0.1) is 0 Å². The second kappa shape index (κ2) is 10.7. The van der Waals surface area contributed by atoms with Crippen LogP contribution >= 0.6 is 0 Å². The molecule has 1 aliphatic heterocycles. The summed E-state index contributed by atoms with van der Waals surface area (Å²) in [6.45, 7) is 9.08. The van der Waals surface area contributed by atoms with Gasteiger partial charge in [0.05, 0.1) is 31.9 Å². The number of anilines is 1. The third-order valence-electron chi connectivity index (χ3n) is 9.86. The maximum absolute atomic E-state index is 13.8. The van der Waals surface area contributed by atoms with Gasteiger partial charge < -0.3 is 26.0 Å². The Bertz CT molecular complexity index is 1290. The quantitative estimate of drug-likeness (QED) is 0.363. The van der Waals surface area contributed by atoms with Crippen LogP contribution in [0.1, 0.15) is 56.5 Å². The summed E-state index contributed by atoms with van der Waals surface area (Å²) >= 11 is 0. The Balaban J connectivity index is 1.40. The predicted molar refractivity (Wildman–Crippen MR) is 151 cm³/mol. The number of ether oxygens (including phenoxy) is 1. The number of fused-ring (bicyclic) bond motifs is 2. The van der Waals surface area contributed by atoms with Gasteiger partial charge in [-0.3, -0.25) is 9.63 Å². The van der Waals surface area contributed by atoms with Crippen molar-refractivity contribution in [3.63, 3.8) is 0 Å². The lowest BCUT2D eigenvalue weighted by atomic mass is 9.45. The van der Waals surface area contributed by atoms with Gasteiger partial charge in [0.15, 0.2) is 0 Å². The number of hydrogen-bond acceptors (Lipinski definition) is 7. The molecule has 3 saturated carbocycles. The molecule has 216 valence electrons. The molecule has 2 aromatic rings. The first-order valence-corrected chi connectivity index (χ1v) is 14.1. The summed E-state index contributed by atoms with van der Waals surface area (Å²) in [5.41, 5.74) is 8.80. The molecule has 4 fully saturated rings. The molecule has 4 aliphatic rings. The molecule has 0 aromatic heterocycles. The molecule has 0 unspecified atom stereocenters. The fraction of sp³-hybridized carbons (Fsp3) is 0.548. The number of rotatable bonds is 8. The SMILES string of the molecule is COc1c(CN2OC[C@H]([C@H](C)O)[C@H]2C(=O)N[C@H]2C[C@H]3C[C@@H]([C@@H]2C)C3(C)C)cccc1-c1cc(N)cc(C(=O)O)c1. The summed E-state index contributed by atoms with van der Waals surface area (Å²) in [5, 5.41) is 25.0. The van der Waals surface area contributed by atoms with Gasteiger partial charge in [0, 0.05) is 28.8 Å². The average molecular weight is 552 g/mol. The number of benzene rings is 2. The van der Waals surface area contributed by atoms with Crippen molar-refractivity contribution in [1.29, 1.82) is 0 Å². The Kier molecular flexibility index (Phi) is 7.58. The lowest BCUT2D eigenvalue weighted by Crippen LogP contribution is -2.62. The van der Waals surface area contributed by atoms with E-state index in [-0.39, 0.29) is 36.6 Å². The summed E-state index contributed by atoms with van der Waals surface area (Å²) in [5.74, 6) is 0.554. The van der Waals surface area contributed by atoms with E-state index in [9.17, 15) is 19.8 Å². The predicted octanol–water partition coefficient (Wildman–Crippen LogP) is 3.94. The van der Waals surface area contributed by atoms with E-state index in [1.165, 1.54) is 12.5 Å². The minimum atomic E-state index is -1.07. The first kappa shape index (κ1) is 28.4. The van der Waals surface area contributed by atoms with Crippen molar-refractivity contribution in [1.82, 2.24) is 10.4 Å². The van der Waals surface area contributed by atoms with Gasteiger partial charge in [-0.25, -0.2) is 4.79 Å². The lowest BCUT2D eigenvalue weighted by molar-refractivity contribution is -0.161. The van der Waals surface area contributed by atoms with Gasteiger partial charge in [-0.1, -0.05) is 39.0 Å². The number of nitrogens with one attached hydrogen (secondary N) is 1. The number of carboxylic acid groups (broad SMARTS) is 1. The topological polar surface area (TPSA) is 134 Å². The molecule has 1 heterocycles. The van der Waals surface area contributed by atoms with Crippen LogP contribution in [-0.4, -0.2) is 59.1 Å². The number of hydroxylamine groups is 2. The third kappa shape index (κ3) is 4.95. The molecule has 5 N–H and O–H groups in total. The van der Waals surface area contributed by atoms with Crippen LogP contribution in [0.25, 0.3) is 11.1 Å². The van der Waals surface area contributed by atoms with Gasteiger partial charge in [0.1, 0.15) is 11.8 Å². The Labute approximate surface area is 235 Å². The monoisotopic (exact) mass is 551 g/mol. The molecule has 40 heavy (non-hydrogen) atoms. The van der Waals surface area contributed by atoms with Crippen LogP contribution in [0.5, 0.6) is 5.75 Å². The van der Waals surface area contributed by atoms with Crippen LogP contribution in [0.2, 0.25) is 0 Å². The fourth-order valence-electron chi connectivity index (χ4n) is 7.32. The van der Waals surface area contributed by atoms with Crippen LogP contribution in [0.3, 0.4) is 0 Å². The number of nitrogen functional groups attached to an aromatic ring is 1. The number of carbonyl (C=O) groups is 2. The van der Waals surface area contributed by atoms with Gasteiger partial charge in [-0.2, -0.15) is 5.06 Å². The van der Waals surface area contributed by atoms with E-state index in [4.69, 9.17) is 15.3 Å². The molecule has 7 atom stereocenters. The van der Waals surface area contributed by atoms with E-state index in [1.807, 2.05) is 18.2 Å². The highest BCUT2D eigenvalue weighted by atomic mass is 16.7. The number of para-hydroxylation sites is 1. The zero-order chi connectivity index (χ0) is 28.9. The largest absolute Gasteiger partial charge is 0.496 e. The van der Waals surface area contributed by atoms with Crippen molar-refractivity contribution < 1.29 is 29.4 Å². The molecule has 2 aromatic carbocycles. The van der Waals surface area contributed by atoms with Crippen LogP contribution in [0.4, 0.5) is 5.69 Å². The first-order chi connectivity index (χ1) is 18.9. The zero-order valence-corrected chi connectivity index (χ0v) is 23.9. The number of aliphatic hydroxyl groups is 1. The molecular formula is C31H41N3O6. The number of carboxylic acids is 1. The molecule has 0 radical (unpaired) electrons. The second-order valence-corrected chi connectivity index (χ2v) is 12.4. The van der Waals surface area contributed by atoms with Crippen molar-refractivity contribution >= 4 is 17.6 Å². The number of nitrogens with zero attached hydrogens (tertiary/aromatic N) is 1. The molecule has 6 rings (SSSR count). The highest BCUT2D eigenvalue weighted by molar-refractivity contribution is 5.91. The van der Waals surface area contributed by atoms with Gasteiger partial charge in [-0.05, 0) is 66.7 Å². The number of methoxy groups -OCH3 is 1. The summed E-state index contributed by atoms with van der Waals surface area (Å²) in [7, 11) is 1.55. The summed E-state index contributed by atoms with van der Waals surface area (Å²) in [6.07, 6.45) is 1.47. The summed E-state index contributed by atoms with van der Waals surface area (Å²) in [6, 6.07) is 9.70. The highest BCUT2D eigenvalue weighted by Gasteiger charge is 2.57. The highest BCUT2D eigenvalue weighted by Crippen LogP contribution is 2.61. The Hall–Kier alpha value is -3.14. The fourth-order valence-corrected chi connectivity index (χ4v) is 7.32. The van der Waals surface area contributed by atoms with Crippen LogP contribution in [0, 0.1) is 29.1 Å². The summed E-state index contributed by atoms with van der Waals surface area (Å²) < 4.78 is 5.80. The minimum Gasteiger partial charge on any atom is -0.496 e. The number of aliphatic hydroxyl groups excluding tert-OH is 1. The third-order valence-corrected chi connectivity index (χ3v) is 9.86. The number of hydrogen-bond donors (Lipinski definition) is 4. The van der Waals surface area contributed by atoms with E-state index in [0.717, 1.165) is 12.0 Å². The summed E-state index contributed by atoms with van der Waals surface area (Å²) in [4.78, 5) is 31.4. The smallest absolute Gasteiger partial charge is 0.335 e. The molecule has 2 bridgehead atoms.